The lowest BCUT2D eigenvalue weighted by atomic mass is 10.1. The fraction of sp³-hybridized carbons (Fsp3) is 0.143. The van der Waals surface area contributed by atoms with Crippen LogP contribution in [-0.4, -0.2) is 5.11 Å². The molecule has 0 aromatic heterocycles. The van der Waals surface area contributed by atoms with Crippen molar-refractivity contribution < 1.29 is 9.84 Å². The quantitative estimate of drug-likeness (QED) is 0.204. The van der Waals surface area contributed by atoms with Crippen LogP contribution in [0, 0.1) is 31.3 Å². The van der Waals surface area contributed by atoms with Crippen LogP contribution in [-0.2, 0) is 49.0 Å². The number of aromatic hydroxyl groups is 1. The molecule has 0 aliphatic rings. The SMILES string of the molecule is Brc1cccc(I)c1.Cc1cc(C)cc(O)c1.Cc1cc(C)cc(Oc2cccc(Br)c2)c1.S=S=S=S=S. The number of aryl methyl sites for hydroxylation is 4. The summed E-state index contributed by atoms with van der Waals surface area (Å²) in [6.45, 7) is 8.07. The molecule has 0 spiro atoms. The molecule has 0 saturated heterocycles. The molecular weight excluding hydrogens is 815 g/mol. The van der Waals surface area contributed by atoms with E-state index in [2.05, 4.69) is 109 Å². The Hall–Kier alpha value is -0.730. The summed E-state index contributed by atoms with van der Waals surface area (Å²) in [6.07, 6.45) is 0. The Morgan fingerprint density at radius 1 is 0.658 bits per heavy atom. The number of halogens is 3. The predicted octanol–water partition coefficient (Wildman–Crippen LogP) is 9.91. The predicted molar refractivity (Wildman–Crippen MR) is 191 cm³/mol. The molecule has 0 unspecified atom stereocenters. The van der Waals surface area contributed by atoms with Gasteiger partial charge in [-0.15, -0.1) is 0 Å². The van der Waals surface area contributed by atoms with Gasteiger partial charge in [-0.1, -0.05) is 56.1 Å². The highest BCUT2D eigenvalue weighted by Gasteiger charge is 1.99. The van der Waals surface area contributed by atoms with Crippen molar-refractivity contribution in [2.45, 2.75) is 27.7 Å². The summed E-state index contributed by atoms with van der Waals surface area (Å²) < 4.78 is 9.22. The fourth-order valence-electron chi connectivity index (χ4n) is 3.08. The van der Waals surface area contributed by atoms with Crippen molar-refractivity contribution in [1.82, 2.24) is 0 Å². The van der Waals surface area contributed by atoms with Gasteiger partial charge in [0, 0.05) is 61.5 Å². The number of benzene rings is 4. The summed E-state index contributed by atoms with van der Waals surface area (Å²) >= 11 is 17.9. The third-order valence-electron chi connectivity index (χ3n) is 4.28. The minimum absolute atomic E-state index is 0.354. The van der Waals surface area contributed by atoms with Crippen molar-refractivity contribution in [2.24, 2.45) is 0 Å². The summed E-state index contributed by atoms with van der Waals surface area (Å²) in [5, 5.41) is 8.99. The van der Waals surface area contributed by atoms with Gasteiger partial charge in [-0.3, -0.25) is 0 Å². The molecule has 0 saturated carbocycles. The van der Waals surface area contributed by atoms with Gasteiger partial charge in [0.2, 0.25) is 0 Å². The molecule has 0 amide bonds. The van der Waals surface area contributed by atoms with E-state index >= 15 is 0 Å². The van der Waals surface area contributed by atoms with E-state index in [1.54, 1.807) is 12.1 Å². The highest BCUT2D eigenvalue weighted by molar-refractivity contribution is 14.1. The summed E-state index contributed by atoms with van der Waals surface area (Å²) in [5.41, 5.74) is 4.63. The van der Waals surface area contributed by atoms with Gasteiger partial charge in [-0.05, 0) is 133 Å². The van der Waals surface area contributed by atoms with Crippen LogP contribution in [0.4, 0.5) is 0 Å². The van der Waals surface area contributed by atoms with Crippen molar-refractivity contribution in [2.75, 3.05) is 0 Å². The number of rotatable bonds is 2. The molecule has 0 aliphatic heterocycles. The molecule has 0 radical (unpaired) electrons. The fourth-order valence-corrected chi connectivity index (χ4v) is 7.57. The molecule has 2 nitrogen and oxygen atoms in total. The Kier molecular flexibility index (Phi) is 18.8. The molecular formula is C28H27Br2IO2S5. The average molecular weight is 843 g/mol. The van der Waals surface area contributed by atoms with Gasteiger partial charge in [0.05, 0.1) is 0 Å². The Morgan fingerprint density at radius 2 is 1.13 bits per heavy atom. The Bertz CT molecular complexity index is 1350. The molecule has 1 N–H and O–H groups in total. The van der Waals surface area contributed by atoms with Crippen molar-refractivity contribution in [3.63, 3.8) is 0 Å². The highest BCUT2D eigenvalue weighted by atomic mass is 127. The van der Waals surface area contributed by atoms with E-state index in [-0.39, 0.29) is 0 Å². The largest absolute Gasteiger partial charge is 0.508 e. The molecule has 10 heteroatoms. The molecule has 0 fully saturated rings. The van der Waals surface area contributed by atoms with Gasteiger partial charge in [0.1, 0.15) is 17.2 Å². The minimum atomic E-state index is 0.354. The maximum atomic E-state index is 8.99. The van der Waals surface area contributed by atoms with E-state index in [0.29, 0.717) is 5.75 Å². The van der Waals surface area contributed by atoms with E-state index < -0.39 is 0 Å². The van der Waals surface area contributed by atoms with Gasteiger partial charge in [0.25, 0.3) is 0 Å². The number of phenols is 1. The smallest absolute Gasteiger partial charge is 0.128 e. The zero-order valence-electron chi connectivity index (χ0n) is 21.1. The second kappa shape index (κ2) is 20.2. The number of hydrogen-bond acceptors (Lipinski definition) is 4. The van der Waals surface area contributed by atoms with Crippen LogP contribution in [0.15, 0.2) is 93.9 Å². The molecule has 0 aliphatic carbocycles. The molecule has 0 heterocycles. The van der Waals surface area contributed by atoms with Gasteiger partial charge in [-0.25, -0.2) is 0 Å². The Labute approximate surface area is 274 Å². The first kappa shape index (κ1) is 35.3. The van der Waals surface area contributed by atoms with Gasteiger partial charge >= 0.3 is 0 Å². The first-order valence-electron chi connectivity index (χ1n) is 11.0. The topological polar surface area (TPSA) is 29.5 Å². The summed E-state index contributed by atoms with van der Waals surface area (Å²) in [4.78, 5) is 0. The first-order chi connectivity index (χ1) is 18.0. The number of phenolic OH excluding ortho intramolecular Hbond substituents is 1. The minimum Gasteiger partial charge on any atom is -0.508 e. The van der Waals surface area contributed by atoms with E-state index in [0.717, 1.165) is 31.6 Å². The van der Waals surface area contributed by atoms with Crippen LogP contribution in [0.25, 0.3) is 0 Å². The summed E-state index contributed by atoms with van der Waals surface area (Å²) in [7, 11) is 3.95. The molecule has 4 rings (SSSR count). The monoisotopic (exact) mass is 840 g/mol. The van der Waals surface area contributed by atoms with E-state index in [1.807, 2.05) is 68.4 Å². The second-order valence-corrected chi connectivity index (χ2v) is 16.3. The van der Waals surface area contributed by atoms with Crippen LogP contribution >= 0.6 is 54.5 Å². The van der Waals surface area contributed by atoms with E-state index in [1.165, 1.54) is 41.3 Å². The third-order valence-corrected chi connectivity index (χ3v) is 10.4. The number of ether oxygens (including phenoxy) is 1. The Morgan fingerprint density at radius 3 is 1.50 bits per heavy atom. The molecule has 38 heavy (non-hydrogen) atoms. The van der Waals surface area contributed by atoms with Crippen LogP contribution < -0.4 is 4.74 Å². The average Bonchev–Trinajstić information content (AvgIpc) is 2.79. The first-order valence-corrected chi connectivity index (χ1v) is 19.0. The Balaban J connectivity index is 0.000000279. The number of hydrogen-bond donors (Lipinski definition) is 1. The zero-order chi connectivity index (χ0) is 28.5. The van der Waals surface area contributed by atoms with Crippen LogP contribution in [0.5, 0.6) is 17.2 Å². The molecule has 0 atom stereocenters. The maximum Gasteiger partial charge on any atom is 0.128 e. The third kappa shape index (κ3) is 17.1. The lowest BCUT2D eigenvalue weighted by Crippen LogP contribution is -1.86. The van der Waals surface area contributed by atoms with Crippen molar-refractivity contribution >= 4 is 103 Å². The second-order valence-electron chi connectivity index (χ2n) is 7.87. The summed E-state index contributed by atoms with van der Waals surface area (Å²) in [6, 6.07) is 27.7. The zero-order valence-corrected chi connectivity index (χ0v) is 30.5. The van der Waals surface area contributed by atoms with Crippen molar-refractivity contribution in [3.8, 4) is 17.2 Å². The summed E-state index contributed by atoms with van der Waals surface area (Å²) in [5.74, 6) is 2.09. The molecule has 202 valence electrons. The lowest BCUT2D eigenvalue weighted by molar-refractivity contribution is 0.474. The maximum absolute atomic E-state index is 8.99. The van der Waals surface area contributed by atoms with Gasteiger partial charge in [-0.2, -0.15) is 0 Å². The van der Waals surface area contributed by atoms with E-state index in [4.69, 9.17) is 9.84 Å². The molecule has 4 aromatic rings. The normalized spacial score (nSPS) is 9.24. The molecule has 4 aromatic carbocycles. The van der Waals surface area contributed by atoms with Crippen LogP contribution in [0.2, 0.25) is 0 Å². The standard InChI is InChI=1S/C14H13BrO.C8H10O.C6H4BrI.S5/c1-10-6-11(2)8-14(7-10)16-13-5-3-4-12(15)9-13;1-6-3-7(2)5-8(9)4-6;7-5-2-1-3-6(8)4-5;1-3-5-4-2/h3-9H,1-2H3;3-5,9H,1-2H3;1-4H;. The molecule has 0 bridgehead atoms. The van der Waals surface area contributed by atoms with Crippen LogP contribution in [0.1, 0.15) is 22.3 Å². The van der Waals surface area contributed by atoms with Crippen molar-refractivity contribution in [3.05, 3.63) is 120 Å². The van der Waals surface area contributed by atoms with Gasteiger partial charge in [0.15, 0.2) is 0 Å². The van der Waals surface area contributed by atoms with Crippen LogP contribution in [0.3, 0.4) is 0 Å². The van der Waals surface area contributed by atoms with Crippen molar-refractivity contribution in [1.29, 1.82) is 0 Å². The van der Waals surface area contributed by atoms with E-state index in [9.17, 15) is 0 Å². The van der Waals surface area contributed by atoms with Gasteiger partial charge < -0.3 is 9.84 Å². The lowest BCUT2D eigenvalue weighted by Gasteiger charge is -2.07. The highest BCUT2D eigenvalue weighted by Crippen LogP contribution is 2.26.